The number of quaternary nitrogens is 1. The monoisotopic (exact) mass is 498 g/mol. The van der Waals surface area contributed by atoms with E-state index in [2.05, 4.69) is 10.6 Å². The summed E-state index contributed by atoms with van der Waals surface area (Å²) in [5, 5.41) is 9.44. The Hall–Kier alpha value is -1.91. The predicted octanol–water partition coefficient (Wildman–Crippen LogP) is 2.89. The number of rotatable bonds is 13. The zero-order chi connectivity index (χ0) is 24.7. The van der Waals surface area contributed by atoms with Gasteiger partial charge in [-0.25, -0.2) is 0 Å². The van der Waals surface area contributed by atoms with E-state index in [0.717, 1.165) is 0 Å². The van der Waals surface area contributed by atoms with Crippen LogP contribution >= 0.6 is 23.5 Å². The first-order chi connectivity index (χ1) is 15.8. The normalized spacial score (nSPS) is 17.8. The van der Waals surface area contributed by atoms with Gasteiger partial charge in [-0.1, -0.05) is 20.8 Å². The van der Waals surface area contributed by atoms with E-state index in [4.69, 9.17) is 0 Å². The fourth-order valence-electron chi connectivity index (χ4n) is 3.58. The van der Waals surface area contributed by atoms with Gasteiger partial charge in [-0.05, 0) is 30.1 Å². The van der Waals surface area contributed by atoms with Crippen molar-refractivity contribution in [2.75, 3.05) is 24.7 Å². The molecule has 0 fully saturated rings. The smallest absolute Gasteiger partial charge is 0.250 e. The molecule has 8 nitrogen and oxygen atoms in total. The number of nitrogens with one attached hydrogen (secondary N) is 2. The van der Waals surface area contributed by atoms with Gasteiger partial charge in [0.25, 0.3) is 0 Å². The van der Waals surface area contributed by atoms with Crippen molar-refractivity contribution in [2.24, 2.45) is 0 Å². The quantitative estimate of drug-likeness (QED) is 0.376. The highest BCUT2D eigenvalue weighted by Crippen LogP contribution is 2.18. The first-order valence-corrected chi connectivity index (χ1v) is 13.4. The number of hydrogen-bond acceptors (Lipinski definition) is 7. The number of ketones is 3. The van der Waals surface area contributed by atoms with Gasteiger partial charge >= 0.3 is 0 Å². The van der Waals surface area contributed by atoms with Crippen LogP contribution in [0.15, 0.2) is 23.0 Å². The second kappa shape index (κ2) is 15.8. The summed E-state index contributed by atoms with van der Waals surface area (Å²) in [6.07, 6.45) is 4.29. The summed E-state index contributed by atoms with van der Waals surface area (Å²) in [4.78, 5) is 63.8. The van der Waals surface area contributed by atoms with E-state index >= 15 is 0 Å². The highest BCUT2D eigenvalue weighted by atomic mass is 32.2. The lowest BCUT2D eigenvalue weighted by atomic mass is 10.1. The van der Waals surface area contributed by atoms with Crippen LogP contribution in [0.3, 0.4) is 0 Å². The zero-order valence-electron chi connectivity index (χ0n) is 19.8. The van der Waals surface area contributed by atoms with Crippen LogP contribution in [0.25, 0.3) is 0 Å². The molecule has 184 valence electrons. The Morgan fingerprint density at radius 1 is 0.788 bits per heavy atom. The van der Waals surface area contributed by atoms with Crippen molar-refractivity contribution in [2.45, 2.75) is 65.6 Å². The molecular formula is C23H36N3O5S2+. The second-order valence-electron chi connectivity index (χ2n) is 8.04. The summed E-state index contributed by atoms with van der Waals surface area (Å²) in [5.74, 6) is -1.33. The molecule has 0 spiro atoms. The Bertz CT molecular complexity index is 689. The highest BCUT2D eigenvalue weighted by molar-refractivity contribution is 8.18. The lowest BCUT2D eigenvalue weighted by Gasteiger charge is -2.43. The molecule has 0 aromatic heterocycles. The van der Waals surface area contributed by atoms with E-state index < -0.39 is 18.1 Å². The molecule has 0 saturated heterocycles. The molecule has 10 heteroatoms. The van der Waals surface area contributed by atoms with E-state index in [0.29, 0.717) is 24.3 Å². The summed E-state index contributed by atoms with van der Waals surface area (Å²) >= 11 is 2.81. The minimum absolute atomic E-state index is 0.127. The van der Waals surface area contributed by atoms with Crippen molar-refractivity contribution >= 4 is 52.7 Å². The first kappa shape index (κ1) is 29.1. The Morgan fingerprint density at radius 2 is 1.15 bits per heavy atom. The third kappa shape index (κ3) is 11.2. The van der Waals surface area contributed by atoms with Crippen LogP contribution in [0.5, 0.6) is 0 Å². The van der Waals surface area contributed by atoms with Crippen LogP contribution in [0.2, 0.25) is 0 Å². The van der Waals surface area contributed by atoms with E-state index in [1.54, 1.807) is 10.8 Å². The summed E-state index contributed by atoms with van der Waals surface area (Å²) in [6.45, 7) is 5.22. The minimum Gasteiger partial charge on any atom is -0.293 e. The Morgan fingerprint density at radius 3 is 1.48 bits per heavy atom. The van der Waals surface area contributed by atoms with Gasteiger partial charge in [0.2, 0.25) is 18.1 Å². The zero-order valence-corrected chi connectivity index (χ0v) is 21.4. The summed E-state index contributed by atoms with van der Waals surface area (Å²) < 4.78 is -0.351. The van der Waals surface area contributed by atoms with Gasteiger partial charge in [0.1, 0.15) is 19.6 Å². The van der Waals surface area contributed by atoms with Gasteiger partial charge in [0.05, 0.1) is 0 Å². The van der Waals surface area contributed by atoms with Crippen LogP contribution in [0.4, 0.5) is 0 Å². The molecule has 2 N–H and O–H groups in total. The fourth-order valence-corrected chi connectivity index (χ4v) is 4.96. The Labute approximate surface area is 205 Å². The van der Waals surface area contributed by atoms with Crippen molar-refractivity contribution in [1.29, 1.82) is 0 Å². The molecule has 0 atom stereocenters. The second-order valence-corrected chi connectivity index (χ2v) is 10.2. The lowest BCUT2D eigenvalue weighted by Crippen LogP contribution is -2.72. The van der Waals surface area contributed by atoms with Gasteiger partial charge in [0, 0.05) is 36.5 Å². The molecule has 0 aliphatic carbocycles. The van der Waals surface area contributed by atoms with Crippen molar-refractivity contribution < 1.29 is 28.5 Å². The number of Topliss-reactive ketones (excluding diaryl/α,β-unsaturated/α-hetero) is 3. The average molecular weight is 499 g/mol. The number of thioether (sulfide) groups is 2. The van der Waals surface area contributed by atoms with Crippen LogP contribution in [0.1, 0.15) is 59.3 Å². The molecule has 0 radical (unpaired) electrons. The largest absolute Gasteiger partial charge is 0.293 e. The van der Waals surface area contributed by atoms with E-state index in [1.807, 2.05) is 20.8 Å². The standard InChI is InChI=1S/C23H35N3O5S2/c1-4-7-18(27)14-26(15-19(28)8-5-2,16-20(29)9-6-3)23-24-21(30)10-12-32-17-33-13-11-22(31)25-23/h10-13,23H,4-9,14-17H2,1-3H3,(H-,24,25,30,31)/p+1/b12-10+,13-11+. The average Bonchev–Trinajstić information content (AvgIpc) is 2.71. The maximum atomic E-state index is 12.8. The Balaban J connectivity index is 3.52. The van der Waals surface area contributed by atoms with Crippen molar-refractivity contribution in [3.63, 3.8) is 0 Å². The number of amides is 2. The maximum absolute atomic E-state index is 12.8. The van der Waals surface area contributed by atoms with Gasteiger partial charge in [-0.2, -0.15) is 0 Å². The molecule has 0 bridgehead atoms. The Kier molecular flexibility index (Phi) is 14.0. The summed E-state index contributed by atoms with van der Waals surface area (Å²) in [5.41, 5.74) is 0. The molecule has 0 aromatic rings. The predicted molar refractivity (Wildman–Crippen MR) is 133 cm³/mol. The number of hydrogen-bond donors (Lipinski definition) is 2. The fraction of sp³-hybridized carbons (Fsp3) is 0.609. The molecule has 0 saturated carbocycles. The third-order valence-corrected chi connectivity index (χ3v) is 6.68. The molecule has 1 rings (SSSR count). The molecule has 1 aliphatic rings. The lowest BCUT2D eigenvalue weighted by molar-refractivity contribution is -0.934. The van der Waals surface area contributed by atoms with Crippen molar-refractivity contribution in [1.82, 2.24) is 10.6 Å². The van der Waals surface area contributed by atoms with Crippen molar-refractivity contribution in [3.05, 3.63) is 23.0 Å². The SMILES string of the molecule is CCCC(=O)C[N+](CC(=O)CCC)(CC(=O)CCC)C1NC(=O)/C=C/SCS/C=C/C(=O)N1. The molecular weight excluding hydrogens is 462 g/mol. The molecule has 0 aromatic carbocycles. The number of carbonyl (C=O) groups excluding carboxylic acids is 5. The molecule has 0 unspecified atom stereocenters. The van der Waals surface area contributed by atoms with Crippen molar-refractivity contribution in [3.8, 4) is 0 Å². The van der Waals surface area contributed by atoms with Gasteiger partial charge < -0.3 is 0 Å². The van der Waals surface area contributed by atoms with Crippen LogP contribution < -0.4 is 10.6 Å². The summed E-state index contributed by atoms with van der Waals surface area (Å²) in [6, 6.07) is 0. The van der Waals surface area contributed by atoms with Crippen LogP contribution in [-0.2, 0) is 24.0 Å². The molecule has 1 aliphatic heterocycles. The third-order valence-electron chi connectivity index (χ3n) is 4.93. The topological polar surface area (TPSA) is 109 Å². The molecule has 1 heterocycles. The van der Waals surface area contributed by atoms with Crippen LogP contribution in [-0.4, -0.2) is 64.7 Å². The highest BCUT2D eigenvalue weighted by Gasteiger charge is 2.43. The maximum Gasteiger partial charge on any atom is 0.250 e. The molecule has 33 heavy (non-hydrogen) atoms. The van der Waals surface area contributed by atoms with Gasteiger partial charge in [-0.15, -0.1) is 23.5 Å². The summed E-state index contributed by atoms with van der Waals surface area (Å²) in [7, 11) is 0. The van der Waals surface area contributed by atoms with Crippen LogP contribution in [0, 0.1) is 0 Å². The van der Waals surface area contributed by atoms with E-state index in [-0.39, 0.29) is 60.7 Å². The van der Waals surface area contributed by atoms with Gasteiger partial charge in [-0.3, -0.25) is 39.1 Å². The van der Waals surface area contributed by atoms with E-state index in [9.17, 15) is 24.0 Å². The van der Waals surface area contributed by atoms with E-state index in [1.165, 1.54) is 35.7 Å². The number of nitrogens with zero attached hydrogens (tertiary/aromatic N) is 1. The molecule has 2 amide bonds. The minimum atomic E-state index is -1.11. The first-order valence-electron chi connectivity index (χ1n) is 11.3. The van der Waals surface area contributed by atoms with Gasteiger partial charge in [0.15, 0.2) is 17.3 Å². The number of carbonyl (C=O) groups is 5.